The molecule has 3 aromatic rings. The van der Waals surface area contributed by atoms with E-state index in [-0.39, 0.29) is 6.29 Å². The molecule has 7 nitrogen and oxygen atoms in total. The van der Waals surface area contributed by atoms with Gasteiger partial charge in [-0.15, -0.1) is 11.3 Å². The van der Waals surface area contributed by atoms with Gasteiger partial charge in [0, 0.05) is 22.4 Å². The third-order valence-electron chi connectivity index (χ3n) is 5.35. The van der Waals surface area contributed by atoms with Gasteiger partial charge >= 0.3 is 12.0 Å². The van der Waals surface area contributed by atoms with Gasteiger partial charge in [-0.1, -0.05) is 36.1 Å². The highest BCUT2D eigenvalue weighted by Gasteiger charge is 2.18. The fourth-order valence-electron chi connectivity index (χ4n) is 3.75. The van der Waals surface area contributed by atoms with Crippen LogP contribution in [0.1, 0.15) is 39.4 Å². The average Bonchev–Trinajstić information content (AvgIpc) is 3.22. The number of carbonyl (C=O) groups excluding carboxylic acids is 2. The van der Waals surface area contributed by atoms with Crippen molar-refractivity contribution < 1.29 is 23.8 Å². The minimum absolute atomic E-state index is 0.170. The Kier molecular flexibility index (Phi) is 7.80. The van der Waals surface area contributed by atoms with Crippen LogP contribution in [0.25, 0.3) is 10.8 Å². The molecule has 176 valence electrons. The van der Waals surface area contributed by atoms with Crippen molar-refractivity contribution in [2.75, 3.05) is 31.0 Å². The number of ether oxygens (including phenoxy) is 3. The predicted octanol–water partition coefficient (Wildman–Crippen LogP) is 5.54. The second-order valence-electron chi connectivity index (χ2n) is 7.79. The molecule has 0 saturated carbocycles. The lowest BCUT2D eigenvalue weighted by atomic mass is 10.0. The maximum atomic E-state index is 12.7. The van der Waals surface area contributed by atoms with Gasteiger partial charge in [-0.3, -0.25) is 0 Å². The van der Waals surface area contributed by atoms with Crippen LogP contribution in [0.2, 0.25) is 0 Å². The molecule has 1 fully saturated rings. The topological polar surface area (TPSA) is 85.9 Å². The Hall–Kier alpha value is -3.38. The Morgan fingerprint density at radius 3 is 2.68 bits per heavy atom. The molecule has 0 bridgehead atoms. The first kappa shape index (κ1) is 23.8. The summed E-state index contributed by atoms with van der Waals surface area (Å²) in [6.07, 6.45) is 2.92. The molecule has 8 heteroatoms. The van der Waals surface area contributed by atoms with E-state index >= 15 is 0 Å². The Bertz CT molecular complexity index is 1250. The zero-order chi connectivity index (χ0) is 23.9. The minimum atomic E-state index is -0.485. The summed E-state index contributed by atoms with van der Waals surface area (Å²) in [4.78, 5) is 25.9. The van der Waals surface area contributed by atoms with Crippen molar-refractivity contribution in [3.63, 3.8) is 0 Å². The number of benzene rings is 2. The number of fused-ring (bicyclic) bond motifs is 1. The lowest BCUT2D eigenvalue weighted by Crippen LogP contribution is -2.22. The number of carbonyl (C=O) groups is 2. The molecule has 0 radical (unpaired) electrons. The number of hydrogen-bond donors (Lipinski definition) is 2. The van der Waals surface area contributed by atoms with Gasteiger partial charge in [-0.25, -0.2) is 9.59 Å². The standard InChI is InChI=1S/C26H26N2O5S/c1-17-16-22(24(34-17)25(29)31-2)28-26(30)27-21-13-12-18(19-9-3-4-10-20(19)21)8-7-15-33-23-11-5-6-14-32-23/h3-4,9-10,12-13,16,23H,5-6,11,14-15H2,1-2H3,(H2,27,28,30). The summed E-state index contributed by atoms with van der Waals surface area (Å²) in [5.41, 5.74) is 1.90. The van der Waals surface area contributed by atoms with E-state index in [1.807, 2.05) is 43.3 Å². The van der Waals surface area contributed by atoms with E-state index in [1.165, 1.54) is 18.4 Å². The molecule has 1 unspecified atom stereocenters. The van der Waals surface area contributed by atoms with Crippen molar-refractivity contribution in [3.8, 4) is 11.8 Å². The zero-order valence-corrected chi connectivity index (χ0v) is 19.9. The van der Waals surface area contributed by atoms with Gasteiger partial charge in [0.15, 0.2) is 6.29 Å². The Balaban J connectivity index is 1.47. The summed E-state index contributed by atoms with van der Waals surface area (Å²) < 4.78 is 16.1. The van der Waals surface area contributed by atoms with Gasteiger partial charge < -0.3 is 24.8 Å². The minimum Gasteiger partial charge on any atom is -0.465 e. The lowest BCUT2D eigenvalue weighted by molar-refractivity contribution is -0.154. The SMILES string of the molecule is COC(=O)c1sc(C)cc1NC(=O)Nc1ccc(C#CCOC2CCCCO2)c2ccccc12. The van der Waals surface area contributed by atoms with Crippen molar-refractivity contribution in [2.24, 2.45) is 0 Å². The molecule has 34 heavy (non-hydrogen) atoms. The highest BCUT2D eigenvalue weighted by Crippen LogP contribution is 2.29. The molecule has 2 amide bonds. The molecule has 4 rings (SSSR count). The van der Waals surface area contributed by atoms with Gasteiger partial charge in [-0.05, 0) is 49.8 Å². The molecule has 0 spiro atoms. The smallest absolute Gasteiger partial charge is 0.350 e. The summed E-state index contributed by atoms with van der Waals surface area (Å²) in [5, 5.41) is 7.40. The van der Waals surface area contributed by atoms with Gasteiger partial charge in [0.1, 0.15) is 11.5 Å². The number of rotatable bonds is 5. The third kappa shape index (κ3) is 5.75. The molecule has 0 aliphatic carbocycles. The largest absolute Gasteiger partial charge is 0.465 e. The fourth-order valence-corrected chi connectivity index (χ4v) is 4.64. The van der Waals surface area contributed by atoms with Gasteiger partial charge in [0.05, 0.1) is 18.5 Å². The Labute approximate surface area is 202 Å². The Morgan fingerprint density at radius 1 is 1.12 bits per heavy atom. The summed E-state index contributed by atoms with van der Waals surface area (Å²) in [6.45, 7) is 2.89. The van der Waals surface area contributed by atoms with Crippen LogP contribution >= 0.6 is 11.3 Å². The highest BCUT2D eigenvalue weighted by atomic mass is 32.1. The number of aryl methyl sites for hydroxylation is 1. The summed E-state index contributed by atoms with van der Waals surface area (Å²) in [6, 6.07) is 12.7. The predicted molar refractivity (Wildman–Crippen MR) is 133 cm³/mol. The zero-order valence-electron chi connectivity index (χ0n) is 19.1. The van der Waals surface area contributed by atoms with Crippen LogP contribution in [0.3, 0.4) is 0 Å². The van der Waals surface area contributed by atoms with Crippen molar-refractivity contribution in [3.05, 3.63) is 57.8 Å². The monoisotopic (exact) mass is 478 g/mol. The number of nitrogens with one attached hydrogen (secondary N) is 2. The van der Waals surface area contributed by atoms with Gasteiger partial charge in [-0.2, -0.15) is 0 Å². The molecule has 1 atom stereocenters. The first-order chi connectivity index (χ1) is 16.5. The number of hydrogen-bond acceptors (Lipinski definition) is 6. The van der Waals surface area contributed by atoms with Crippen LogP contribution in [0.15, 0.2) is 42.5 Å². The molecular weight excluding hydrogens is 452 g/mol. The molecule has 1 aliphatic rings. The van der Waals surface area contributed by atoms with Crippen LogP contribution < -0.4 is 10.6 Å². The van der Waals surface area contributed by atoms with Crippen molar-refractivity contribution in [1.29, 1.82) is 0 Å². The van der Waals surface area contributed by atoms with Crippen LogP contribution in [-0.2, 0) is 14.2 Å². The molecule has 2 aromatic carbocycles. The molecule has 2 N–H and O–H groups in total. The number of methoxy groups -OCH3 is 1. The van der Waals surface area contributed by atoms with Crippen molar-refractivity contribution in [2.45, 2.75) is 32.5 Å². The molecule has 1 aromatic heterocycles. The van der Waals surface area contributed by atoms with E-state index in [0.29, 0.717) is 22.9 Å². The summed E-state index contributed by atoms with van der Waals surface area (Å²) in [7, 11) is 1.31. The van der Waals surface area contributed by atoms with E-state index in [9.17, 15) is 9.59 Å². The molecule has 2 heterocycles. The summed E-state index contributed by atoms with van der Waals surface area (Å²) >= 11 is 1.27. The van der Waals surface area contributed by atoms with E-state index in [1.54, 1.807) is 6.07 Å². The van der Waals surface area contributed by atoms with E-state index in [2.05, 4.69) is 22.5 Å². The van der Waals surface area contributed by atoms with Crippen LogP contribution in [0, 0.1) is 18.8 Å². The first-order valence-electron chi connectivity index (χ1n) is 11.1. The van der Waals surface area contributed by atoms with Crippen LogP contribution in [-0.4, -0.2) is 38.6 Å². The fraction of sp³-hybridized carbons (Fsp3) is 0.308. The van der Waals surface area contributed by atoms with E-state index < -0.39 is 12.0 Å². The second-order valence-corrected chi connectivity index (χ2v) is 9.04. The van der Waals surface area contributed by atoms with Crippen LogP contribution in [0.4, 0.5) is 16.2 Å². The maximum Gasteiger partial charge on any atom is 0.350 e. The highest BCUT2D eigenvalue weighted by molar-refractivity contribution is 7.14. The number of esters is 1. The average molecular weight is 479 g/mol. The number of anilines is 2. The molecular formula is C26H26N2O5S. The maximum absolute atomic E-state index is 12.7. The quantitative estimate of drug-likeness (QED) is 0.372. The van der Waals surface area contributed by atoms with Gasteiger partial charge in [0.25, 0.3) is 0 Å². The van der Waals surface area contributed by atoms with E-state index in [4.69, 9.17) is 14.2 Å². The number of amides is 2. The third-order valence-corrected chi connectivity index (χ3v) is 6.38. The molecule has 1 saturated heterocycles. The van der Waals surface area contributed by atoms with Crippen molar-refractivity contribution in [1.82, 2.24) is 0 Å². The number of thiophene rings is 1. The number of urea groups is 1. The van der Waals surface area contributed by atoms with Crippen LogP contribution in [0.5, 0.6) is 0 Å². The van der Waals surface area contributed by atoms with E-state index in [0.717, 1.165) is 47.1 Å². The van der Waals surface area contributed by atoms with Crippen molar-refractivity contribution >= 4 is 45.5 Å². The first-order valence-corrected chi connectivity index (χ1v) is 11.9. The summed E-state index contributed by atoms with van der Waals surface area (Å²) in [5.74, 6) is 5.75. The van der Waals surface area contributed by atoms with Gasteiger partial charge in [0.2, 0.25) is 0 Å². The second kappa shape index (κ2) is 11.2. The lowest BCUT2D eigenvalue weighted by Gasteiger charge is -2.21. The molecule has 1 aliphatic heterocycles. The Morgan fingerprint density at radius 2 is 1.91 bits per heavy atom. The normalized spacial score (nSPS) is 15.3.